The molecule has 0 unspecified atom stereocenters. The molecule has 0 spiro atoms. The van der Waals surface area contributed by atoms with Gasteiger partial charge in [-0.15, -0.1) is 0 Å². The molecule has 0 saturated carbocycles. The second kappa shape index (κ2) is 9.97. The third kappa shape index (κ3) is 5.18. The Bertz CT molecular complexity index is 1110. The predicted molar refractivity (Wildman–Crippen MR) is 126 cm³/mol. The summed E-state index contributed by atoms with van der Waals surface area (Å²) in [5, 5.41) is 0. The maximum atomic E-state index is 13.3. The van der Waals surface area contributed by atoms with Crippen molar-refractivity contribution in [1.29, 1.82) is 0 Å². The van der Waals surface area contributed by atoms with E-state index in [9.17, 15) is 13.2 Å². The van der Waals surface area contributed by atoms with Crippen LogP contribution in [0.3, 0.4) is 0 Å². The fourth-order valence-electron chi connectivity index (χ4n) is 3.86. The van der Waals surface area contributed by atoms with Gasteiger partial charge in [0.1, 0.15) is 0 Å². The van der Waals surface area contributed by atoms with Crippen molar-refractivity contribution in [1.82, 2.24) is 9.21 Å². The molecule has 7 heteroatoms. The van der Waals surface area contributed by atoms with Gasteiger partial charge in [-0.3, -0.25) is 4.79 Å². The first-order valence-corrected chi connectivity index (χ1v) is 12.1. The molecular formula is C25H27N3O3S. The predicted octanol–water partition coefficient (Wildman–Crippen LogP) is 3.23. The Morgan fingerprint density at radius 1 is 0.750 bits per heavy atom. The molecule has 1 aliphatic heterocycles. The zero-order valence-electron chi connectivity index (χ0n) is 17.9. The minimum absolute atomic E-state index is 0.147. The van der Waals surface area contributed by atoms with Crippen LogP contribution in [0.2, 0.25) is 0 Å². The molecule has 1 heterocycles. The van der Waals surface area contributed by atoms with Crippen LogP contribution in [0.1, 0.15) is 5.56 Å². The third-order valence-electron chi connectivity index (χ3n) is 5.65. The maximum absolute atomic E-state index is 13.3. The number of carbonyl (C=O) groups excluding carboxylic acids is 1. The Hall–Kier alpha value is -3.16. The monoisotopic (exact) mass is 449 g/mol. The lowest BCUT2D eigenvalue weighted by Gasteiger charge is -2.37. The van der Waals surface area contributed by atoms with Gasteiger partial charge in [0.2, 0.25) is 15.9 Å². The lowest BCUT2D eigenvalue weighted by Crippen LogP contribution is -2.51. The Morgan fingerprint density at radius 2 is 1.28 bits per heavy atom. The number of rotatable bonds is 7. The number of hydrogen-bond acceptors (Lipinski definition) is 4. The fraction of sp³-hybridized carbons (Fsp3) is 0.240. The number of sulfonamides is 1. The van der Waals surface area contributed by atoms with Gasteiger partial charge in [-0.05, 0) is 29.8 Å². The van der Waals surface area contributed by atoms with Gasteiger partial charge in [0.15, 0.2) is 0 Å². The van der Waals surface area contributed by atoms with Crippen molar-refractivity contribution in [2.45, 2.75) is 11.4 Å². The minimum atomic E-state index is -3.81. The lowest BCUT2D eigenvalue weighted by atomic mass is 10.2. The van der Waals surface area contributed by atoms with E-state index in [1.54, 1.807) is 35.2 Å². The van der Waals surface area contributed by atoms with E-state index in [0.717, 1.165) is 24.3 Å². The van der Waals surface area contributed by atoms with Crippen LogP contribution in [0.4, 0.5) is 5.69 Å². The molecule has 166 valence electrons. The van der Waals surface area contributed by atoms with E-state index < -0.39 is 10.0 Å². The Kier molecular flexibility index (Phi) is 6.87. The van der Waals surface area contributed by atoms with E-state index in [0.29, 0.717) is 13.1 Å². The molecular weight excluding hydrogens is 422 g/mol. The molecule has 32 heavy (non-hydrogen) atoms. The first kappa shape index (κ1) is 22.0. The molecule has 0 bridgehead atoms. The van der Waals surface area contributed by atoms with Crippen molar-refractivity contribution in [3.05, 3.63) is 96.6 Å². The van der Waals surface area contributed by atoms with E-state index in [4.69, 9.17) is 0 Å². The number of piperazine rings is 1. The molecule has 3 aromatic rings. The highest BCUT2D eigenvalue weighted by molar-refractivity contribution is 7.89. The molecule has 1 fully saturated rings. The van der Waals surface area contributed by atoms with Crippen molar-refractivity contribution < 1.29 is 13.2 Å². The van der Waals surface area contributed by atoms with Gasteiger partial charge in [0, 0.05) is 38.4 Å². The summed E-state index contributed by atoms with van der Waals surface area (Å²) in [5.41, 5.74) is 1.98. The largest absolute Gasteiger partial charge is 0.368 e. The summed E-state index contributed by atoms with van der Waals surface area (Å²) in [6, 6.07) is 27.8. The van der Waals surface area contributed by atoms with Crippen LogP contribution in [0.5, 0.6) is 0 Å². The van der Waals surface area contributed by atoms with Crippen molar-refractivity contribution in [3.63, 3.8) is 0 Å². The second-order valence-corrected chi connectivity index (χ2v) is 9.71. The molecule has 1 saturated heterocycles. The summed E-state index contributed by atoms with van der Waals surface area (Å²) in [6.45, 7) is 2.54. The first-order chi connectivity index (χ1) is 15.5. The highest BCUT2D eigenvalue weighted by atomic mass is 32.2. The average Bonchev–Trinajstić information content (AvgIpc) is 2.85. The van der Waals surface area contributed by atoms with Crippen LogP contribution < -0.4 is 4.90 Å². The molecule has 0 aliphatic carbocycles. The Morgan fingerprint density at radius 3 is 1.88 bits per heavy atom. The number of carbonyl (C=O) groups is 1. The van der Waals surface area contributed by atoms with E-state index in [1.165, 1.54) is 4.31 Å². The second-order valence-electron chi connectivity index (χ2n) is 7.78. The topological polar surface area (TPSA) is 60.9 Å². The quantitative estimate of drug-likeness (QED) is 0.556. The van der Waals surface area contributed by atoms with Gasteiger partial charge >= 0.3 is 0 Å². The Labute approximate surface area is 189 Å². The van der Waals surface area contributed by atoms with Crippen LogP contribution >= 0.6 is 0 Å². The highest BCUT2D eigenvalue weighted by Gasteiger charge is 2.30. The smallest absolute Gasteiger partial charge is 0.243 e. The van der Waals surface area contributed by atoms with Gasteiger partial charge in [-0.1, -0.05) is 66.7 Å². The summed E-state index contributed by atoms with van der Waals surface area (Å²) in [7, 11) is -3.81. The number of amides is 1. The highest BCUT2D eigenvalue weighted by Crippen LogP contribution is 2.20. The van der Waals surface area contributed by atoms with E-state index in [1.807, 2.05) is 48.5 Å². The number of hydrogen-bond donors (Lipinski definition) is 0. The summed E-state index contributed by atoms with van der Waals surface area (Å²) in [4.78, 5) is 17.3. The number of anilines is 1. The molecule has 4 rings (SSSR count). The van der Waals surface area contributed by atoms with E-state index in [-0.39, 0.29) is 23.9 Å². The molecule has 0 N–H and O–H groups in total. The van der Waals surface area contributed by atoms with Crippen LogP contribution in [0.25, 0.3) is 0 Å². The van der Waals surface area contributed by atoms with Crippen LogP contribution in [-0.2, 0) is 21.4 Å². The van der Waals surface area contributed by atoms with Crippen molar-refractivity contribution >= 4 is 21.6 Å². The van der Waals surface area contributed by atoms with Gasteiger partial charge in [-0.25, -0.2) is 8.42 Å². The minimum Gasteiger partial charge on any atom is -0.368 e. The summed E-state index contributed by atoms with van der Waals surface area (Å²) < 4.78 is 28.0. The van der Waals surface area contributed by atoms with Crippen molar-refractivity contribution in [2.24, 2.45) is 0 Å². The van der Waals surface area contributed by atoms with E-state index >= 15 is 0 Å². The molecule has 0 aromatic heterocycles. The van der Waals surface area contributed by atoms with Crippen molar-refractivity contribution in [2.75, 3.05) is 37.6 Å². The maximum Gasteiger partial charge on any atom is 0.243 e. The summed E-state index contributed by atoms with van der Waals surface area (Å²) >= 11 is 0. The first-order valence-electron chi connectivity index (χ1n) is 10.7. The number of benzene rings is 3. The third-order valence-corrected chi connectivity index (χ3v) is 7.45. The van der Waals surface area contributed by atoms with E-state index in [2.05, 4.69) is 17.0 Å². The summed E-state index contributed by atoms with van der Waals surface area (Å²) in [5.74, 6) is -0.173. The standard InChI is InChI=1S/C25H27N3O3S/c29-25(27-18-16-26(17-19-27)23-12-6-2-7-13-23)21-28(20-22-10-4-1-5-11-22)32(30,31)24-14-8-3-9-15-24/h1-15H,16-21H2. The van der Waals surface area contributed by atoms with Crippen LogP contribution in [-0.4, -0.2) is 56.3 Å². The van der Waals surface area contributed by atoms with Gasteiger partial charge in [-0.2, -0.15) is 4.31 Å². The molecule has 3 aromatic carbocycles. The Balaban J connectivity index is 1.48. The summed E-state index contributed by atoms with van der Waals surface area (Å²) in [6.07, 6.45) is 0. The molecule has 6 nitrogen and oxygen atoms in total. The number of para-hydroxylation sites is 1. The molecule has 1 amide bonds. The zero-order chi connectivity index (χ0) is 22.4. The fourth-order valence-corrected chi connectivity index (χ4v) is 5.26. The van der Waals surface area contributed by atoms with Crippen LogP contribution in [0.15, 0.2) is 95.9 Å². The SMILES string of the molecule is O=C(CN(Cc1ccccc1)S(=O)(=O)c1ccccc1)N1CCN(c2ccccc2)CC1. The zero-order valence-corrected chi connectivity index (χ0v) is 18.7. The van der Waals surface area contributed by atoms with Gasteiger partial charge in [0.05, 0.1) is 11.4 Å². The van der Waals surface area contributed by atoms with Crippen molar-refractivity contribution in [3.8, 4) is 0 Å². The molecule has 0 radical (unpaired) electrons. The van der Waals surface area contributed by atoms with Gasteiger partial charge in [0.25, 0.3) is 0 Å². The normalized spacial score (nSPS) is 14.5. The molecule has 0 atom stereocenters. The lowest BCUT2D eigenvalue weighted by molar-refractivity contribution is -0.131. The molecule has 1 aliphatic rings. The van der Waals surface area contributed by atoms with Gasteiger partial charge < -0.3 is 9.80 Å². The number of nitrogens with zero attached hydrogens (tertiary/aromatic N) is 3. The van der Waals surface area contributed by atoms with Crippen LogP contribution in [0, 0.1) is 0 Å². The average molecular weight is 450 g/mol.